The molecule has 33 heavy (non-hydrogen) atoms. The van der Waals surface area contributed by atoms with Crippen molar-refractivity contribution in [2.75, 3.05) is 19.6 Å². The Hall–Kier alpha value is -2.33. The lowest BCUT2D eigenvalue weighted by Gasteiger charge is -2.48. The van der Waals surface area contributed by atoms with Crippen LogP contribution in [0.1, 0.15) is 60.3 Å². The lowest BCUT2D eigenvalue weighted by Crippen LogP contribution is -2.50. The summed E-state index contributed by atoms with van der Waals surface area (Å²) < 4.78 is 30.0. The van der Waals surface area contributed by atoms with Crippen molar-refractivity contribution in [3.63, 3.8) is 0 Å². The first kappa shape index (κ1) is 22.5. The standard InChI is InChI=1S/C23H32N6O3S/c1-21(2,3)29-14-15(12-25-29)33(31,32)28-8-6-23(7-9-28)16-13-24-27-20(16)26-17-10-22(4,5)11-18(30)19(17)23/h12,14,26H,6-11,13H2,1-5H3. The molecule has 3 aliphatic heterocycles. The highest BCUT2D eigenvalue weighted by Gasteiger charge is 2.53. The van der Waals surface area contributed by atoms with Crippen LogP contribution in [0.25, 0.3) is 0 Å². The monoisotopic (exact) mass is 472 g/mol. The molecule has 5 rings (SSSR count). The van der Waals surface area contributed by atoms with Gasteiger partial charge in [0.2, 0.25) is 10.0 Å². The van der Waals surface area contributed by atoms with Crippen LogP contribution in [0.15, 0.2) is 50.2 Å². The van der Waals surface area contributed by atoms with E-state index in [1.165, 1.54) is 10.5 Å². The number of ketones is 1. The number of nitrogens with one attached hydrogen (secondary N) is 1. The van der Waals surface area contributed by atoms with E-state index in [2.05, 4.69) is 34.5 Å². The summed E-state index contributed by atoms with van der Waals surface area (Å²) in [5, 5.41) is 16.2. The van der Waals surface area contributed by atoms with Gasteiger partial charge in [0.15, 0.2) is 11.6 Å². The maximum Gasteiger partial charge on any atom is 0.246 e. The van der Waals surface area contributed by atoms with E-state index in [4.69, 9.17) is 0 Å². The molecule has 1 aliphatic carbocycles. The molecule has 0 atom stereocenters. The van der Waals surface area contributed by atoms with E-state index in [0.717, 1.165) is 29.1 Å². The second-order valence-corrected chi connectivity index (χ2v) is 13.4. The molecule has 1 aromatic heterocycles. The lowest BCUT2D eigenvalue weighted by molar-refractivity contribution is -0.119. The van der Waals surface area contributed by atoms with E-state index < -0.39 is 15.4 Å². The molecule has 4 aliphatic rings. The highest BCUT2D eigenvalue weighted by Crippen LogP contribution is 2.55. The Morgan fingerprint density at radius 1 is 1.12 bits per heavy atom. The number of hydrogen-bond donors (Lipinski definition) is 1. The molecule has 0 bridgehead atoms. The van der Waals surface area contributed by atoms with Crippen molar-refractivity contribution in [1.29, 1.82) is 0 Å². The number of sulfonamides is 1. The first-order valence-corrected chi connectivity index (χ1v) is 13.0. The molecule has 1 spiro atoms. The van der Waals surface area contributed by atoms with Gasteiger partial charge in [0.25, 0.3) is 0 Å². The Morgan fingerprint density at radius 2 is 1.82 bits per heavy atom. The summed E-state index contributed by atoms with van der Waals surface area (Å²) >= 11 is 0. The van der Waals surface area contributed by atoms with Crippen molar-refractivity contribution in [2.24, 2.45) is 21.1 Å². The Morgan fingerprint density at radius 3 is 2.45 bits per heavy atom. The minimum absolute atomic E-state index is 0.116. The van der Waals surface area contributed by atoms with Crippen molar-refractivity contribution in [1.82, 2.24) is 19.4 Å². The fraction of sp³-hybridized carbons (Fsp3) is 0.652. The topological polar surface area (TPSA) is 109 Å². The molecule has 0 unspecified atom stereocenters. The van der Waals surface area contributed by atoms with Crippen molar-refractivity contribution in [3.05, 3.63) is 35.1 Å². The smallest absolute Gasteiger partial charge is 0.246 e. The van der Waals surface area contributed by atoms with Crippen LogP contribution in [0.5, 0.6) is 0 Å². The molecule has 1 N–H and O–H groups in total. The first-order valence-electron chi connectivity index (χ1n) is 11.5. The van der Waals surface area contributed by atoms with Gasteiger partial charge in [-0.2, -0.15) is 14.5 Å². The molecule has 0 aromatic carbocycles. The van der Waals surface area contributed by atoms with Gasteiger partial charge >= 0.3 is 0 Å². The number of hydrogen-bond acceptors (Lipinski definition) is 7. The van der Waals surface area contributed by atoms with Crippen LogP contribution in [-0.4, -0.2) is 47.9 Å². The molecule has 4 heterocycles. The number of aromatic nitrogens is 2. The van der Waals surface area contributed by atoms with Gasteiger partial charge in [0.05, 0.1) is 18.3 Å². The van der Waals surface area contributed by atoms with E-state index in [9.17, 15) is 13.2 Å². The van der Waals surface area contributed by atoms with E-state index in [1.54, 1.807) is 10.9 Å². The first-order chi connectivity index (χ1) is 15.3. The molecule has 0 saturated carbocycles. The Kier molecular flexibility index (Phi) is 4.82. The number of rotatable bonds is 2. The van der Waals surface area contributed by atoms with Gasteiger partial charge in [0.1, 0.15) is 4.90 Å². The van der Waals surface area contributed by atoms with Crippen LogP contribution < -0.4 is 5.32 Å². The molecule has 178 valence electrons. The van der Waals surface area contributed by atoms with Gasteiger partial charge in [0, 0.05) is 48.0 Å². The zero-order valence-corrected chi connectivity index (χ0v) is 20.8. The summed E-state index contributed by atoms with van der Waals surface area (Å²) in [6.07, 6.45) is 5.41. The average Bonchev–Trinajstić information content (AvgIpc) is 3.37. The Balaban J connectivity index is 1.46. The number of nitrogens with zero attached hydrogens (tertiary/aromatic N) is 5. The number of piperidine rings is 1. The largest absolute Gasteiger partial charge is 0.342 e. The van der Waals surface area contributed by atoms with E-state index in [1.807, 2.05) is 20.8 Å². The average molecular weight is 473 g/mol. The predicted octanol–water partition coefficient (Wildman–Crippen LogP) is 3.33. The second-order valence-electron chi connectivity index (χ2n) is 11.4. The number of azo groups is 1. The Labute approximate surface area is 195 Å². The van der Waals surface area contributed by atoms with Gasteiger partial charge in [-0.05, 0) is 45.4 Å². The number of dihydropyridines is 1. The zero-order chi connectivity index (χ0) is 23.8. The molecule has 0 radical (unpaired) electrons. The molecule has 9 nitrogen and oxygen atoms in total. The van der Waals surface area contributed by atoms with Crippen LogP contribution in [-0.2, 0) is 20.4 Å². The maximum atomic E-state index is 13.4. The number of carbonyl (C=O) groups excluding carboxylic acids is 1. The van der Waals surface area contributed by atoms with Crippen LogP contribution in [0.3, 0.4) is 0 Å². The van der Waals surface area contributed by atoms with Crippen molar-refractivity contribution >= 4 is 15.8 Å². The minimum Gasteiger partial charge on any atom is -0.342 e. The summed E-state index contributed by atoms with van der Waals surface area (Å²) in [5.74, 6) is 0.914. The summed E-state index contributed by atoms with van der Waals surface area (Å²) in [6, 6.07) is 0. The van der Waals surface area contributed by atoms with Crippen LogP contribution >= 0.6 is 0 Å². The number of fused-ring (bicyclic) bond motifs is 2. The quantitative estimate of drug-likeness (QED) is 0.710. The highest BCUT2D eigenvalue weighted by atomic mass is 32.2. The van der Waals surface area contributed by atoms with Crippen molar-refractivity contribution in [2.45, 2.75) is 70.7 Å². The fourth-order valence-electron chi connectivity index (χ4n) is 5.68. The molecule has 1 aromatic rings. The zero-order valence-electron chi connectivity index (χ0n) is 20.0. The third-order valence-electron chi connectivity index (χ3n) is 7.35. The van der Waals surface area contributed by atoms with Crippen LogP contribution in [0, 0.1) is 10.8 Å². The summed E-state index contributed by atoms with van der Waals surface area (Å²) in [6.45, 7) is 11.3. The molecule has 0 amide bonds. The van der Waals surface area contributed by atoms with Gasteiger partial charge < -0.3 is 5.32 Å². The van der Waals surface area contributed by atoms with Gasteiger partial charge in [-0.25, -0.2) is 8.42 Å². The highest BCUT2D eigenvalue weighted by molar-refractivity contribution is 7.89. The predicted molar refractivity (Wildman–Crippen MR) is 123 cm³/mol. The van der Waals surface area contributed by atoms with Crippen LogP contribution in [0.2, 0.25) is 0 Å². The SMILES string of the molecule is CC1(C)CC(=O)C2=C(C1)NC1=C(CN=N1)C21CCN(S(=O)(=O)c2cnn(C(C)(C)C)c2)CC1. The number of allylic oxidation sites excluding steroid dienone is 2. The third kappa shape index (κ3) is 3.49. The van der Waals surface area contributed by atoms with Gasteiger partial charge in [-0.15, -0.1) is 5.11 Å². The van der Waals surface area contributed by atoms with Crippen molar-refractivity contribution < 1.29 is 13.2 Å². The van der Waals surface area contributed by atoms with Crippen molar-refractivity contribution in [3.8, 4) is 0 Å². The maximum absolute atomic E-state index is 13.4. The van der Waals surface area contributed by atoms with Crippen LogP contribution in [0.4, 0.5) is 0 Å². The molecule has 10 heteroatoms. The lowest BCUT2D eigenvalue weighted by atomic mass is 9.60. The molecular weight excluding hydrogens is 440 g/mol. The van der Waals surface area contributed by atoms with Gasteiger partial charge in [-0.3, -0.25) is 9.48 Å². The summed E-state index contributed by atoms with van der Waals surface area (Å²) in [7, 11) is -3.67. The Bertz CT molecular complexity index is 1220. The number of Topliss-reactive ketones (excluding diaryl/α,β-unsaturated/α-hetero) is 1. The molecule has 1 fully saturated rings. The van der Waals surface area contributed by atoms with E-state index in [-0.39, 0.29) is 21.6 Å². The number of carbonyl (C=O) groups is 1. The summed E-state index contributed by atoms with van der Waals surface area (Å²) in [4.78, 5) is 13.6. The minimum atomic E-state index is -3.67. The van der Waals surface area contributed by atoms with E-state index >= 15 is 0 Å². The second kappa shape index (κ2) is 7.09. The fourth-order valence-corrected chi connectivity index (χ4v) is 7.06. The molecular formula is C23H32N6O3S. The van der Waals surface area contributed by atoms with E-state index in [0.29, 0.717) is 38.9 Å². The normalized spacial score (nSPS) is 24.8. The third-order valence-corrected chi connectivity index (χ3v) is 9.20. The van der Waals surface area contributed by atoms with Gasteiger partial charge in [-0.1, -0.05) is 13.8 Å². The molecule has 1 saturated heterocycles. The summed E-state index contributed by atoms with van der Waals surface area (Å²) in [5.41, 5.74) is 1.91.